The number of nitrogens with zero attached hydrogens (tertiary/aromatic N) is 6. The zero-order chi connectivity index (χ0) is 19.1. The first-order chi connectivity index (χ1) is 13.2. The van der Waals surface area contributed by atoms with E-state index in [4.69, 9.17) is 4.99 Å². The second-order valence-electron chi connectivity index (χ2n) is 7.00. The van der Waals surface area contributed by atoms with Gasteiger partial charge in [0.1, 0.15) is 11.6 Å². The van der Waals surface area contributed by atoms with Crippen LogP contribution in [0.2, 0.25) is 0 Å². The first-order valence-electron chi connectivity index (χ1n) is 10.1. The summed E-state index contributed by atoms with van der Waals surface area (Å²) in [6, 6.07) is 0.343. The topological polar surface area (TPSA) is 84.9 Å². The minimum atomic E-state index is 0.343. The van der Waals surface area contributed by atoms with Crippen molar-refractivity contribution in [2.45, 2.75) is 72.0 Å². The molecule has 0 spiro atoms. The molecule has 3 heterocycles. The van der Waals surface area contributed by atoms with Crippen LogP contribution in [0.3, 0.4) is 0 Å². The smallest absolute Gasteiger partial charge is 0.191 e. The zero-order valence-corrected chi connectivity index (χ0v) is 16.8. The van der Waals surface area contributed by atoms with Crippen LogP contribution >= 0.6 is 0 Å². The molecule has 3 rings (SSSR count). The third kappa shape index (κ3) is 5.30. The van der Waals surface area contributed by atoms with E-state index in [9.17, 15) is 0 Å². The van der Waals surface area contributed by atoms with E-state index in [1.807, 2.05) is 19.3 Å². The zero-order valence-electron chi connectivity index (χ0n) is 16.8. The van der Waals surface area contributed by atoms with Crippen molar-refractivity contribution >= 4 is 5.96 Å². The summed E-state index contributed by atoms with van der Waals surface area (Å²) in [6.07, 6.45) is 8.98. The van der Waals surface area contributed by atoms with E-state index in [0.717, 1.165) is 81.7 Å². The molecule has 2 N–H and O–H groups in total. The van der Waals surface area contributed by atoms with Gasteiger partial charge in [0, 0.05) is 50.9 Å². The third-order valence-electron chi connectivity index (χ3n) is 4.90. The molecule has 8 heteroatoms. The number of aliphatic imine (C=N–C) groups is 1. The molecule has 0 amide bonds. The Balaban J connectivity index is 1.46. The normalized spacial score (nSPS) is 17.0. The van der Waals surface area contributed by atoms with Gasteiger partial charge in [0.15, 0.2) is 11.8 Å². The predicted octanol–water partition coefficient (Wildman–Crippen LogP) is 1.70. The molecule has 0 bridgehead atoms. The quantitative estimate of drug-likeness (QED) is 0.418. The van der Waals surface area contributed by atoms with Crippen LogP contribution in [0.4, 0.5) is 0 Å². The molecule has 2 aromatic heterocycles. The highest BCUT2D eigenvalue weighted by Crippen LogP contribution is 2.13. The van der Waals surface area contributed by atoms with Crippen LogP contribution < -0.4 is 10.6 Å². The van der Waals surface area contributed by atoms with Crippen molar-refractivity contribution in [1.29, 1.82) is 0 Å². The van der Waals surface area contributed by atoms with Crippen LogP contribution in [0.1, 0.15) is 50.6 Å². The number of aryl methyl sites for hydroxylation is 4. The Labute approximate surface area is 161 Å². The summed E-state index contributed by atoms with van der Waals surface area (Å²) in [6.45, 7) is 9.78. The van der Waals surface area contributed by atoms with Gasteiger partial charge in [-0.1, -0.05) is 6.92 Å². The van der Waals surface area contributed by atoms with Crippen LogP contribution in [0.25, 0.3) is 0 Å². The number of rotatable bonds is 8. The van der Waals surface area contributed by atoms with Crippen LogP contribution in [-0.2, 0) is 25.9 Å². The van der Waals surface area contributed by atoms with Crippen LogP contribution in [-0.4, -0.2) is 49.4 Å². The summed E-state index contributed by atoms with van der Waals surface area (Å²) < 4.78 is 4.24. The van der Waals surface area contributed by atoms with Crippen molar-refractivity contribution in [3.8, 4) is 0 Å². The lowest BCUT2D eigenvalue weighted by atomic mass is 10.1. The van der Waals surface area contributed by atoms with E-state index in [0.29, 0.717) is 6.04 Å². The van der Waals surface area contributed by atoms with Gasteiger partial charge in [-0.2, -0.15) is 5.10 Å². The third-order valence-corrected chi connectivity index (χ3v) is 4.90. The van der Waals surface area contributed by atoms with E-state index in [1.54, 1.807) is 0 Å². The monoisotopic (exact) mass is 372 g/mol. The summed E-state index contributed by atoms with van der Waals surface area (Å²) in [7, 11) is 0. The molecule has 0 saturated heterocycles. The number of nitrogens with one attached hydrogen (secondary N) is 2. The minimum absolute atomic E-state index is 0.343. The molecular formula is C19H32N8. The molecule has 1 aliphatic rings. The summed E-state index contributed by atoms with van der Waals surface area (Å²) in [5, 5.41) is 11.5. The molecule has 0 aliphatic carbocycles. The van der Waals surface area contributed by atoms with Crippen molar-refractivity contribution in [3.05, 3.63) is 29.9 Å². The van der Waals surface area contributed by atoms with Crippen molar-refractivity contribution in [1.82, 2.24) is 34.9 Å². The number of aromatic nitrogens is 5. The van der Waals surface area contributed by atoms with Gasteiger partial charge in [0.25, 0.3) is 0 Å². The largest absolute Gasteiger partial charge is 0.357 e. The highest BCUT2D eigenvalue weighted by Gasteiger charge is 2.21. The number of guanidine groups is 1. The molecule has 0 aromatic carbocycles. The first kappa shape index (κ1) is 19.4. The van der Waals surface area contributed by atoms with Gasteiger partial charge in [-0.25, -0.2) is 14.6 Å². The van der Waals surface area contributed by atoms with Crippen molar-refractivity contribution in [2.24, 2.45) is 4.99 Å². The molecular weight excluding hydrogens is 340 g/mol. The van der Waals surface area contributed by atoms with Crippen LogP contribution in [0, 0.1) is 6.92 Å². The van der Waals surface area contributed by atoms with Crippen molar-refractivity contribution in [3.63, 3.8) is 0 Å². The Morgan fingerprint density at radius 3 is 2.96 bits per heavy atom. The number of hydrogen-bond donors (Lipinski definition) is 2. The predicted molar refractivity (Wildman–Crippen MR) is 107 cm³/mol. The fourth-order valence-electron chi connectivity index (χ4n) is 3.37. The van der Waals surface area contributed by atoms with Gasteiger partial charge in [-0.05, 0) is 33.1 Å². The molecule has 27 heavy (non-hydrogen) atoms. The molecule has 0 fully saturated rings. The Bertz CT molecular complexity index is 745. The summed E-state index contributed by atoms with van der Waals surface area (Å²) in [5.41, 5.74) is 0. The molecule has 148 valence electrons. The van der Waals surface area contributed by atoms with Gasteiger partial charge in [-0.15, -0.1) is 0 Å². The maximum Gasteiger partial charge on any atom is 0.191 e. The average Bonchev–Trinajstić information content (AvgIpc) is 3.26. The van der Waals surface area contributed by atoms with Crippen molar-refractivity contribution in [2.75, 3.05) is 13.1 Å². The first-order valence-corrected chi connectivity index (χ1v) is 10.1. The van der Waals surface area contributed by atoms with E-state index in [1.165, 1.54) is 0 Å². The molecule has 0 saturated carbocycles. The highest BCUT2D eigenvalue weighted by atomic mass is 15.4. The Morgan fingerprint density at radius 2 is 2.22 bits per heavy atom. The maximum absolute atomic E-state index is 4.75. The van der Waals surface area contributed by atoms with Crippen LogP contribution in [0.15, 0.2) is 17.4 Å². The second kappa shape index (κ2) is 9.53. The number of imidazole rings is 1. The minimum Gasteiger partial charge on any atom is -0.357 e. The van der Waals surface area contributed by atoms with Crippen molar-refractivity contribution < 1.29 is 0 Å². The van der Waals surface area contributed by atoms with E-state index in [2.05, 4.69) is 48.8 Å². The lowest BCUT2D eigenvalue weighted by molar-refractivity contribution is 0.392. The fraction of sp³-hybridized carbons (Fsp3) is 0.684. The SMILES string of the molecule is CCNC(=NCCCCn1ccnc1C)NC1CCc2nc(CC)nn2C1. The maximum atomic E-state index is 4.75. The Kier molecular flexibility index (Phi) is 6.84. The van der Waals surface area contributed by atoms with Gasteiger partial charge in [0.05, 0.1) is 6.54 Å². The summed E-state index contributed by atoms with van der Waals surface area (Å²) >= 11 is 0. The van der Waals surface area contributed by atoms with Gasteiger partial charge in [-0.3, -0.25) is 4.99 Å². The Hall–Kier alpha value is -2.38. The number of fused-ring (bicyclic) bond motifs is 1. The molecule has 1 aliphatic heterocycles. The average molecular weight is 373 g/mol. The second-order valence-corrected chi connectivity index (χ2v) is 7.00. The molecule has 2 aromatic rings. The fourth-order valence-corrected chi connectivity index (χ4v) is 3.37. The van der Waals surface area contributed by atoms with E-state index >= 15 is 0 Å². The number of unbranched alkanes of at least 4 members (excludes halogenated alkanes) is 1. The molecule has 1 unspecified atom stereocenters. The van der Waals surface area contributed by atoms with Gasteiger partial charge >= 0.3 is 0 Å². The highest BCUT2D eigenvalue weighted by molar-refractivity contribution is 5.80. The molecule has 0 radical (unpaired) electrons. The van der Waals surface area contributed by atoms with Crippen LogP contribution in [0.5, 0.6) is 0 Å². The van der Waals surface area contributed by atoms with E-state index < -0.39 is 0 Å². The molecule has 1 atom stereocenters. The summed E-state index contributed by atoms with van der Waals surface area (Å²) in [5.74, 6) is 4.03. The Morgan fingerprint density at radius 1 is 1.33 bits per heavy atom. The summed E-state index contributed by atoms with van der Waals surface area (Å²) in [4.78, 5) is 13.6. The van der Waals surface area contributed by atoms with Gasteiger partial charge < -0.3 is 15.2 Å². The lowest BCUT2D eigenvalue weighted by Gasteiger charge is -2.25. The van der Waals surface area contributed by atoms with E-state index in [-0.39, 0.29) is 0 Å². The standard InChI is InChI=1S/C19H32N8/c1-4-17-24-18-9-8-16(14-27(18)25-17)23-19(20-5-2)22-10-6-7-12-26-13-11-21-15(26)3/h11,13,16H,4-10,12,14H2,1-3H3,(H2,20,22,23). The lowest BCUT2D eigenvalue weighted by Crippen LogP contribution is -2.47. The van der Waals surface area contributed by atoms with Gasteiger partial charge in [0.2, 0.25) is 0 Å². The molecule has 8 nitrogen and oxygen atoms in total. The number of hydrogen-bond acceptors (Lipinski definition) is 4.